The molecule has 104 valence electrons. The van der Waals surface area contributed by atoms with Gasteiger partial charge in [-0.25, -0.2) is 0 Å². The number of H-pyrrole nitrogens is 1. The summed E-state index contributed by atoms with van der Waals surface area (Å²) in [7, 11) is 1.63. The number of nitrogens with two attached hydrogens (primary N) is 1. The molecule has 1 amide bonds. The van der Waals surface area contributed by atoms with Crippen molar-refractivity contribution >= 4 is 17.5 Å². The molecule has 7 nitrogen and oxygen atoms in total. The molecule has 2 heterocycles. The summed E-state index contributed by atoms with van der Waals surface area (Å²) in [5, 5.41) is 6.24. The average Bonchev–Trinajstić information content (AvgIpc) is 2.91. The van der Waals surface area contributed by atoms with E-state index in [1.54, 1.807) is 12.0 Å². The van der Waals surface area contributed by atoms with E-state index < -0.39 is 0 Å². The van der Waals surface area contributed by atoms with E-state index in [1.807, 2.05) is 18.2 Å². The Morgan fingerprint density at radius 3 is 3.05 bits per heavy atom. The zero-order valence-corrected chi connectivity index (χ0v) is 11.1. The number of hydrogen-bond acceptors (Lipinski definition) is 5. The molecule has 1 aliphatic heterocycles. The average molecular weight is 273 g/mol. The number of aromatic nitrogens is 3. The maximum absolute atomic E-state index is 12.4. The van der Waals surface area contributed by atoms with Crippen molar-refractivity contribution in [2.75, 3.05) is 24.3 Å². The number of carbonyl (C=O) groups is 1. The van der Waals surface area contributed by atoms with Crippen molar-refractivity contribution in [2.45, 2.75) is 12.8 Å². The van der Waals surface area contributed by atoms with Crippen LogP contribution in [0.15, 0.2) is 18.2 Å². The van der Waals surface area contributed by atoms with E-state index in [9.17, 15) is 4.79 Å². The lowest BCUT2D eigenvalue weighted by Gasteiger charge is -2.29. The van der Waals surface area contributed by atoms with Gasteiger partial charge in [0.05, 0.1) is 7.11 Å². The fraction of sp³-hybridized carbons (Fsp3) is 0.308. The van der Waals surface area contributed by atoms with Gasteiger partial charge >= 0.3 is 0 Å². The van der Waals surface area contributed by atoms with Crippen molar-refractivity contribution in [1.29, 1.82) is 0 Å². The topological polar surface area (TPSA) is 97.1 Å². The number of aryl methyl sites for hydroxylation is 1. The van der Waals surface area contributed by atoms with Crippen LogP contribution in [0.1, 0.15) is 22.6 Å². The van der Waals surface area contributed by atoms with Crippen molar-refractivity contribution in [3.8, 4) is 5.75 Å². The van der Waals surface area contributed by atoms with Crippen LogP contribution >= 0.6 is 0 Å². The van der Waals surface area contributed by atoms with Crippen LogP contribution in [-0.4, -0.2) is 34.7 Å². The lowest BCUT2D eigenvalue weighted by molar-refractivity contribution is 0.0975. The van der Waals surface area contributed by atoms with Crippen LogP contribution in [0.25, 0.3) is 0 Å². The summed E-state index contributed by atoms with van der Waals surface area (Å²) in [5.74, 6) is 0.800. The molecule has 0 unspecified atom stereocenters. The number of fused-ring (bicyclic) bond motifs is 1. The molecule has 0 saturated heterocycles. The Labute approximate surface area is 115 Å². The fourth-order valence-corrected chi connectivity index (χ4v) is 2.41. The fourth-order valence-electron chi connectivity index (χ4n) is 2.41. The van der Waals surface area contributed by atoms with E-state index in [0.717, 1.165) is 29.8 Å². The van der Waals surface area contributed by atoms with Crippen LogP contribution in [-0.2, 0) is 6.42 Å². The van der Waals surface area contributed by atoms with Crippen molar-refractivity contribution in [3.05, 3.63) is 29.6 Å². The number of ether oxygens (including phenoxy) is 1. The summed E-state index contributed by atoms with van der Waals surface area (Å²) in [4.78, 5) is 18.0. The maximum Gasteiger partial charge on any atom is 0.295 e. The van der Waals surface area contributed by atoms with Crippen LogP contribution in [0.5, 0.6) is 5.75 Å². The normalized spacial score (nSPS) is 13.9. The minimum Gasteiger partial charge on any atom is -0.497 e. The van der Waals surface area contributed by atoms with Gasteiger partial charge < -0.3 is 15.4 Å². The molecular weight excluding hydrogens is 258 g/mol. The molecule has 3 N–H and O–H groups in total. The van der Waals surface area contributed by atoms with Gasteiger partial charge in [0.1, 0.15) is 5.75 Å². The highest BCUT2D eigenvalue weighted by Crippen LogP contribution is 2.31. The number of hydrogen-bond donors (Lipinski definition) is 2. The molecule has 0 atom stereocenters. The summed E-state index contributed by atoms with van der Waals surface area (Å²) in [6.07, 6.45) is 1.82. The molecule has 7 heteroatoms. The third kappa shape index (κ3) is 2.07. The molecule has 0 spiro atoms. The zero-order chi connectivity index (χ0) is 14.1. The number of nitrogen functional groups attached to an aromatic ring is 1. The van der Waals surface area contributed by atoms with Gasteiger partial charge in [-0.05, 0) is 36.6 Å². The van der Waals surface area contributed by atoms with E-state index in [1.165, 1.54) is 0 Å². The predicted molar refractivity (Wildman–Crippen MR) is 73.8 cm³/mol. The number of benzene rings is 1. The molecule has 1 aromatic heterocycles. The molecule has 0 aliphatic carbocycles. The van der Waals surface area contributed by atoms with Gasteiger partial charge in [0.25, 0.3) is 5.91 Å². The van der Waals surface area contributed by atoms with Crippen molar-refractivity contribution in [1.82, 2.24) is 15.2 Å². The lowest BCUT2D eigenvalue weighted by atomic mass is 10.0. The Bertz CT molecular complexity index is 652. The molecule has 2 aromatic rings. The van der Waals surface area contributed by atoms with Crippen LogP contribution in [0, 0.1) is 0 Å². The van der Waals surface area contributed by atoms with E-state index >= 15 is 0 Å². The number of nitrogens with one attached hydrogen (secondary N) is 1. The summed E-state index contributed by atoms with van der Waals surface area (Å²) in [5.41, 5.74) is 7.42. The monoisotopic (exact) mass is 273 g/mol. The second kappa shape index (κ2) is 4.84. The number of carbonyl (C=O) groups excluding carboxylic acids is 1. The highest BCUT2D eigenvalue weighted by molar-refractivity contribution is 6.04. The Morgan fingerprint density at radius 1 is 1.50 bits per heavy atom. The summed E-state index contributed by atoms with van der Waals surface area (Å²) < 4.78 is 5.22. The van der Waals surface area contributed by atoms with E-state index in [2.05, 4.69) is 15.2 Å². The van der Waals surface area contributed by atoms with E-state index in [4.69, 9.17) is 10.5 Å². The van der Waals surface area contributed by atoms with E-state index in [0.29, 0.717) is 6.54 Å². The first-order chi connectivity index (χ1) is 9.69. The van der Waals surface area contributed by atoms with Gasteiger partial charge in [0, 0.05) is 12.2 Å². The minimum atomic E-state index is -0.222. The summed E-state index contributed by atoms with van der Waals surface area (Å²) in [6, 6.07) is 5.70. The van der Waals surface area contributed by atoms with Crippen molar-refractivity contribution in [3.63, 3.8) is 0 Å². The molecular formula is C13H15N5O2. The number of rotatable bonds is 2. The number of anilines is 2. The quantitative estimate of drug-likeness (QED) is 0.850. The van der Waals surface area contributed by atoms with E-state index in [-0.39, 0.29) is 17.7 Å². The highest BCUT2D eigenvalue weighted by Gasteiger charge is 2.26. The molecule has 20 heavy (non-hydrogen) atoms. The highest BCUT2D eigenvalue weighted by atomic mass is 16.5. The van der Waals surface area contributed by atoms with Gasteiger partial charge in [-0.15, -0.1) is 5.10 Å². The van der Waals surface area contributed by atoms with Crippen LogP contribution in [0.4, 0.5) is 11.6 Å². The van der Waals surface area contributed by atoms with Gasteiger partial charge in [-0.3, -0.25) is 9.89 Å². The molecule has 3 rings (SSSR count). The summed E-state index contributed by atoms with van der Waals surface area (Å²) >= 11 is 0. The van der Waals surface area contributed by atoms with Crippen LogP contribution in [0.2, 0.25) is 0 Å². The van der Waals surface area contributed by atoms with Gasteiger partial charge in [-0.2, -0.15) is 4.98 Å². The van der Waals surface area contributed by atoms with Crippen molar-refractivity contribution < 1.29 is 9.53 Å². The minimum absolute atomic E-state index is 0.0697. The second-order valence-electron chi connectivity index (χ2n) is 4.60. The van der Waals surface area contributed by atoms with Gasteiger partial charge in [-0.1, -0.05) is 0 Å². The first-order valence-corrected chi connectivity index (χ1v) is 6.35. The number of amides is 1. The molecule has 0 saturated carbocycles. The largest absolute Gasteiger partial charge is 0.497 e. The number of methoxy groups -OCH3 is 1. The molecule has 0 radical (unpaired) electrons. The Morgan fingerprint density at radius 2 is 2.35 bits per heavy atom. The smallest absolute Gasteiger partial charge is 0.295 e. The lowest BCUT2D eigenvalue weighted by Crippen LogP contribution is -2.36. The number of nitrogens with zero attached hydrogens (tertiary/aromatic N) is 3. The third-order valence-electron chi connectivity index (χ3n) is 3.36. The Kier molecular flexibility index (Phi) is 3.02. The molecule has 0 fully saturated rings. The first kappa shape index (κ1) is 12.5. The predicted octanol–water partition coefficient (Wildman–Crippen LogP) is 0.988. The van der Waals surface area contributed by atoms with Gasteiger partial charge in [0.2, 0.25) is 11.8 Å². The van der Waals surface area contributed by atoms with Gasteiger partial charge in [0.15, 0.2) is 0 Å². The number of aromatic amines is 1. The third-order valence-corrected chi connectivity index (χ3v) is 3.36. The standard InChI is InChI=1S/C13H15N5O2/c1-20-9-4-5-10-8(7-9)3-2-6-18(10)12(19)11-15-13(14)17-16-11/h4-5,7H,2-3,6H2,1H3,(H3,14,15,16,17). The molecule has 1 aliphatic rings. The Balaban J connectivity index is 1.95. The molecule has 0 bridgehead atoms. The maximum atomic E-state index is 12.4. The Hall–Kier alpha value is -2.57. The van der Waals surface area contributed by atoms with Crippen molar-refractivity contribution in [2.24, 2.45) is 0 Å². The second-order valence-corrected chi connectivity index (χ2v) is 4.60. The molecule has 1 aromatic carbocycles. The van der Waals surface area contributed by atoms with Crippen LogP contribution in [0.3, 0.4) is 0 Å². The van der Waals surface area contributed by atoms with Crippen LogP contribution < -0.4 is 15.4 Å². The first-order valence-electron chi connectivity index (χ1n) is 6.35. The SMILES string of the molecule is COc1ccc2c(c1)CCCN2C(=O)c1nc(N)n[nH]1. The zero-order valence-electron chi connectivity index (χ0n) is 11.1. The summed E-state index contributed by atoms with van der Waals surface area (Å²) in [6.45, 7) is 0.652.